The minimum absolute atomic E-state index is 0.0351. The van der Waals surface area contributed by atoms with Gasteiger partial charge in [0.05, 0.1) is 16.8 Å². The molecule has 4 aliphatic rings. The van der Waals surface area contributed by atoms with Gasteiger partial charge >= 0.3 is 0 Å². The molecular formula is C21H24FN5O4. The number of nitrogens with zero attached hydrogens (tertiary/aromatic N) is 3. The Morgan fingerprint density at radius 2 is 1.65 bits per heavy atom. The molecule has 1 atom stereocenters. The summed E-state index contributed by atoms with van der Waals surface area (Å²) in [5.41, 5.74) is 0.371. The first-order valence-corrected chi connectivity index (χ1v) is 10.7. The Kier molecular flexibility index (Phi) is 4.98. The van der Waals surface area contributed by atoms with Gasteiger partial charge < -0.3 is 10.2 Å². The van der Waals surface area contributed by atoms with Gasteiger partial charge in [-0.2, -0.15) is 0 Å². The number of halogens is 1. The summed E-state index contributed by atoms with van der Waals surface area (Å²) < 4.78 is 14.9. The smallest absolute Gasteiger partial charge is 0.262 e. The van der Waals surface area contributed by atoms with Crippen molar-refractivity contribution in [1.29, 1.82) is 0 Å². The maximum absolute atomic E-state index is 14.9. The topological polar surface area (TPSA) is 102 Å². The van der Waals surface area contributed by atoms with Crippen LogP contribution in [0.5, 0.6) is 0 Å². The Bertz CT molecular complexity index is 971. The van der Waals surface area contributed by atoms with Gasteiger partial charge in [0.15, 0.2) is 0 Å². The fourth-order valence-corrected chi connectivity index (χ4v) is 4.74. The fraction of sp³-hybridized carbons (Fsp3) is 0.524. The molecule has 1 aromatic rings. The molecule has 0 radical (unpaired) electrons. The summed E-state index contributed by atoms with van der Waals surface area (Å²) in [5.74, 6) is -2.30. The van der Waals surface area contributed by atoms with Gasteiger partial charge in [-0.25, -0.2) is 4.39 Å². The van der Waals surface area contributed by atoms with E-state index < -0.39 is 35.5 Å². The number of carbonyl (C=O) groups excluding carboxylic acids is 4. The van der Waals surface area contributed by atoms with E-state index in [-0.39, 0.29) is 24.0 Å². The van der Waals surface area contributed by atoms with Crippen LogP contribution in [0.2, 0.25) is 0 Å². The summed E-state index contributed by atoms with van der Waals surface area (Å²) in [7, 11) is 0. The van der Waals surface area contributed by atoms with Gasteiger partial charge in [-0.15, -0.1) is 0 Å². The highest BCUT2D eigenvalue weighted by atomic mass is 19.1. The van der Waals surface area contributed by atoms with Gasteiger partial charge in [0.2, 0.25) is 11.8 Å². The summed E-state index contributed by atoms with van der Waals surface area (Å²) in [6.45, 7) is 5.99. The molecule has 4 heterocycles. The molecule has 10 heteroatoms. The summed E-state index contributed by atoms with van der Waals surface area (Å²) in [4.78, 5) is 54.5. The number of hydrogen-bond acceptors (Lipinski definition) is 7. The first kappa shape index (κ1) is 20.1. The van der Waals surface area contributed by atoms with Gasteiger partial charge in [-0.1, -0.05) is 0 Å². The number of hydrogen-bond donors (Lipinski definition) is 2. The average Bonchev–Trinajstić information content (AvgIpc) is 2.95. The second kappa shape index (κ2) is 7.69. The molecule has 0 spiro atoms. The highest BCUT2D eigenvalue weighted by Gasteiger charge is 2.45. The lowest BCUT2D eigenvalue weighted by molar-refractivity contribution is -0.136. The molecule has 0 aliphatic carbocycles. The lowest BCUT2D eigenvalue weighted by Gasteiger charge is -2.39. The number of piperazine rings is 1. The molecule has 3 fully saturated rings. The average molecular weight is 429 g/mol. The second-order valence-electron chi connectivity index (χ2n) is 8.61. The molecule has 9 nitrogen and oxygen atoms in total. The van der Waals surface area contributed by atoms with E-state index in [4.69, 9.17) is 0 Å². The van der Waals surface area contributed by atoms with E-state index in [0.717, 1.165) is 43.7 Å². The number of carbonyl (C=O) groups is 4. The Morgan fingerprint density at radius 3 is 2.26 bits per heavy atom. The summed E-state index contributed by atoms with van der Waals surface area (Å²) in [6, 6.07) is 1.48. The molecule has 3 saturated heterocycles. The zero-order valence-electron chi connectivity index (χ0n) is 17.0. The normalized spacial score (nSPS) is 25.0. The summed E-state index contributed by atoms with van der Waals surface area (Å²) in [5, 5.41) is 5.42. The monoisotopic (exact) mass is 429 g/mol. The van der Waals surface area contributed by atoms with Crippen LogP contribution in [0.1, 0.15) is 33.6 Å². The van der Waals surface area contributed by atoms with E-state index in [9.17, 15) is 23.6 Å². The molecule has 0 bridgehead atoms. The van der Waals surface area contributed by atoms with Gasteiger partial charge in [0.25, 0.3) is 11.8 Å². The van der Waals surface area contributed by atoms with Crippen molar-refractivity contribution in [3.05, 3.63) is 29.1 Å². The third kappa shape index (κ3) is 3.49. The molecule has 5 rings (SSSR count). The maximum atomic E-state index is 14.9. The first-order chi connectivity index (χ1) is 14.9. The summed E-state index contributed by atoms with van der Waals surface area (Å²) in [6.07, 6.45) is 0.120. The standard InChI is InChI=1S/C21H24FN5O4/c22-15-7-13-14(21(31)27(20(13)30)16-1-2-18(28)24-19(16)29)8-17(15)26-5-3-25(4-6-26)11-12-9-23-10-12/h7-8,12,16,23H,1-6,9-11H2,(H,24,28,29). The minimum atomic E-state index is -1.05. The van der Waals surface area contributed by atoms with Crippen LogP contribution in [-0.4, -0.2) is 85.3 Å². The number of amides is 4. The van der Waals surface area contributed by atoms with E-state index in [1.807, 2.05) is 4.90 Å². The van der Waals surface area contributed by atoms with Crippen LogP contribution in [-0.2, 0) is 9.59 Å². The number of imide groups is 2. The quantitative estimate of drug-likeness (QED) is 0.626. The molecule has 1 aromatic carbocycles. The lowest BCUT2D eigenvalue weighted by Crippen LogP contribution is -2.54. The van der Waals surface area contributed by atoms with Crippen molar-refractivity contribution >= 4 is 29.3 Å². The van der Waals surface area contributed by atoms with Crippen LogP contribution in [0, 0.1) is 11.7 Å². The zero-order chi connectivity index (χ0) is 21.7. The molecular weight excluding hydrogens is 405 g/mol. The number of piperidine rings is 1. The number of nitrogens with one attached hydrogen (secondary N) is 2. The van der Waals surface area contributed by atoms with Crippen LogP contribution in [0.25, 0.3) is 0 Å². The Morgan fingerprint density at radius 1 is 0.968 bits per heavy atom. The maximum Gasteiger partial charge on any atom is 0.262 e. The van der Waals surface area contributed by atoms with Crippen molar-refractivity contribution in [2.45, 2.75) is 18.9 Å². The Labute approximate surface area is 178 Å². The lowest BCUT2D eigenvalue weighted by atomic mass is 10.0. The van der Waals surface area contributed by atoms with E-state index in [1.165, 1.54) is 6.07 Å². The Hall–Kier alpha value is -2.85. The van der Waals surface area contributed by atoms with Crippen molar-refractivity contribution in [3.8, 4) is 0 Å². The van der Waals surface area contributed by atoms with Crippen molar-refractivity contribution in [3.63, 3.8) is 0 Å². The number of benzene rings is 1. The van der Waals surface area contributed by atoms with E-state index in [0.29, 0.717) is 24.7 Å². The number of rotatable bonds is 4. The number of anilines is 1. The highest BCUT2D eigenvalue weighted by molar-refractivity contribution is 6.23. The van der Waals surface area contributed by atoms with Crippen LogP contribution in [0.15, 0.2) is 12.1 Å². The molecule has 31 heavy (non-hydrogen) atoms. The predicted molar refractivity (Wildman–Crippen MR) is 108 cm³/mol. The fourth-order valence-electron chi connectivity index (χ4n) is 4.74. The highest BCUT2D eigenvalue weighted by Crippen LogP contribution is 2.33. The third-order valence-corrected chi connectivity index (χ3v) is 6.60. The third-order valence-electron chi connectivity index (χ3n) is 6.60. The largest absolute Gasteiger partial charge is 0.367 e. The van der Waals surface area contributed by atoms with Crippen LogP contribution in [0.3, 0.4) is 0 Å². The second-order valence-corrected chi connectivity index (χ2v) is 8.61. The molecule has 0 aromatic heterocycles. The molecule has 2 N–H and O–H groups in total. The van der Waals surface area contributed by atoms with E-state index in [1.54, 1.807) is 0 Å². The van der Waals surface area contributed by atoms with Crippen molar-refractivity contribution < 1.29 is 23.6 Å². The molecule has 4 aliphatic heterocycles. The van der Waals surface area contributed by atoms with Gasteiger partial charge in [0.1, 0.15) is 11.9 Å². The molecule has 164 valence electrons. The molecule has 0 saturated carbocycles. The van der Waals surface area contributed by atoms with Crippen LogP contribution >= 0.6 is 0 Å². The van der Waals surface area contributed by atoms with Crippen molar-refractivity contribution in [2.24, 2.45) is 5.92 Å². The van der Waals surface area contributed by atoms with Gasteiger partial charge in [0, 0.05) is 52.2 Å². The first-order valence-electron chi connectivity index (χ1n) is 10.7. The van der Waals surface area contributed by atoms with Gasteiger partial charge in [-0.3, -0.25) is 34.3 Å². The van der Waals surface area contributed by atoms with E-state index in [2.05, 4.69) is 15.5 Å². The van der Waals surface area contributed by atoms with Crippen LogP contribution < -0.4 is 15.5 Å². The Balaban J connectivity index is 1.33. The van der Waals surface area contributed by atoms with Crippen molar-refractivity contribution in [1.82, 2.24) is 20.4 Å². The summed E-state index contributed by atoms with van der Waals surface area (Å²) >= 11 is 0. The molecule has 1 unspecified atom stereocenters. The number of fused-ring (bicyclic) bond motifs is 1. The predicted octanol–water partition coefficient (Wildman–Crippen LogP) is -0.432. The SMILES string of the molecule is O=C1CCC(N2C(=O)c3cc(F)c(N4CCN(CC5CNC5)CC4)cc3C2=O)C(=O)N1. The molecule has 4 amide bonds. The minimum Gasteiger partial charge on any atom is -0.367 e. The zero-order valence-corrected chi connectivity index (χ0v) is 17.0. The van der Waals surface area contributed by atoms with Crippen LogP contribution in [0.4, 0.5) is 10.1 Å². The van der Waals surface area contributed by atoms with Crippen molar-refractivity contribution in [2.75, 3.05) is 50.7 Å². The van der Waals surface area contributed by atoms with Gasteiger partial charge in [-0.05, 0) is 24.5 Å². The van der Waals surface area contributed by atoms with E-state index >= 15 is 0 Å².